The maximum Gasteiger partial charge on any atom is 0.420 e. The van der Waals surface area contributed by atoms with Gasteiger partial charge in [-0.05, 0) is 0 Å². The summed E-state index contributed by atoms with van der Waals surface area (Å²) in [6.07, 6.45) is -7.79. The summed E-state index contributed by atoms with van der Waals surface area (Å²) in [6, 6.07) is 0. The first-order valence-corrected chi connectivity index (χ1v) is 3.32. The van der Waals surface area contributed by atoms with Crippen molar-refractivity contribution in [2.24, 2.45) is 0 Å². The van der Waals surface area contributed by atoms with Crippen LogP contribution in [0.1, 0.15) is 17.6 Å². The van der Waals surface area contributed by atoms with E-state index in [0.717, 1.165) is 0 Å². The fraction of sp³-hybridized carbons (Fsp3) is 0.286. The molecule has 0 atom stereocenters. The van der Waals surface area contributed by atoms with Crippen LogP contribution in [-0.2, 0) is 6.18 Å². The molecule has 0 amide bonds. The van der Waals surface area contributed by atoms with Crippen LogP contribution in [0.4, 0.5) is 26.3 Å². The van der Waals surface area contributed by atoms with Gasteiger partial charge in [0, 0.05) is 12.4 Å². The molecule has 1 aromatic heterocycles. The van der Waals surface area contributed by atoms with E-state index in [-0.39, 0.29) is 6.20 Å². The van der Waals surface area contributed by atoms with Crippen LogP contribution in [0.15, 0.2) is 12.4 Å². The van der Waals surface area contributed by atoms with Crippen molar-refractivity contribution in [3.8, 4) is 0 Å². The van der Waals surface area contributed by atoms with Gasteiger partial charge in [-0.3, -0.25) is 4.98 Å². The van der Waals surface area contributed by atoms with Crippen molar-refractivity contribution in [3.63, 3.8) is 0 Å². The van der Waals surface area contributed by atoms with Gasteiger partial charge in [-0.25, -0.2) is 13.2 Å². The number of pyridine rings is 1. The highest BCUT2D eigenvalue weighted by molar-refractivity contribution is 5.24. The van der Waals surface area contributed by atoms with Gasteiger partial charge >= 0.3 is 6.18 Å². The third-order valence-corrected chi connectivity index (χ3v) is 1.45. The van der Waals surface area contributed by atoms with Crippen molar-refractivity contribution in [2.45, 2.75) is 12.6 Å². The Labute approximate surface area is 74.4 Å². The summed E-state index contributed by atoms with van der Waals surface area (Å²) < 4.78 is 72.6. The number of nitrogens with zero attached hydrogens (tertiary/aromatic N) is 1. The number of rotatable bonds is 1. The van der Waals surface area contributed by atoms with Crippen molar-refractivity contribution in [3.05, 3.63) is 29.3 Å². The summed E-state index contributed by atoms with van der Waals surface area (Å²) in [5, 5.41) is 0. The highest BCUT2D eigenvalue weighted by atomic mass is 19.4. The minimum atomic E-state index is -5.01. The molecule has 0 saturated carbocycles. The number of aromatic nitrogens is 1. The Kier molecular flexibility index (Phi) is 2.68. The first kappa shape index (κ1) is 10.8. The lowest BCUT2D eigenvalue weighted by Gasteiger charge is -2.09. The molecule has 0 fully saturated rings. The zero-order valence-corrected chi connectivity index (χ0v) is 6.45. The normalized spacial score (nSPS) is 12.2. The summed E-state index contributed by atoms with van der Waals surface area (Å²) in [5.41, 5.74) is -3.13. The second-order valence-corrected chi connectivity index (χ2v) is 2.39. The number of halogens is 6. The first-order chi connectivity index (χ1) is 6.34. The molecular weight excluding hydrogens is 212 g/mol. The Morgan fingerprint density at radius 1 is 1.14 bits per heavy atom. The van der Waals surface area contributed by atoms with Gasteiger partial charge in [0.15, 0.2) is 0 Å². The molecule has 0 spiro atoms. The zero-order chi connectivity index (χ0) is 10.9. The number of hydrogen-bond acceptors (Lipinski definition) is 1. The van der Waals surface area contributed by atoms with Gasteiger partial charge < -0.3 is 0 Å². The molecule has 0 radical (unpaired) electrons. The molecule has 0 aliphatic heterocycles. The Bertz CT molecular complexity index is 331. The molecule has 0 saturated heterocycles. The second kappa shape index (κ2) is 3.47. The fourth-order valence-corrected chi connectivity index (χ4v) is 0.811. The van der Waals surface area contributed by atoms with Crippen LogP contribution >= 0.6 is 0 Å². The fourth-order valence-electron chi connectivity index (χ4n) is 0.811. The number of hydrogen-bond donors (Lipinski definition) is 0. The minimum Gasteiger partial charge on any atom is -0.263 e. The van der Waals surface area contributed by atoms with Crippen LogP contribution < -0.4 is 0 Å². The van der Waals surface area contributed by atoms with Crippen LogP contribution in [0.2, 0.25) is 0 Å². The summed E-state index contributed by atoms with van der Waals surface area (Å²) in [7, 11) is 0. The van der Waals surface area contributed by atoms with Gasteiger partial charge in [-0.2, -0.15) is 13.2 Å². The predicted molar refractivity (Wildman–Crippen MR) is 34.2 cm³/mol. The SMILES string of the molecule is Fc1c(C(F)F)cncc1C(F)(F)F. The summed E-state index contributed by atoms with van der Waals surface area (Å²) >= 11 is 0. The molecule has 0 bridgehead atoms. The summed E-state index contributed by atoms with van der Waals surface area (Å²) in [4.78, 5) is 2.89. The predicted octanol–water partition coefficient (Wildman–Crippen LogP) is 3.18. The second-order valence-electron chi connectivity index (χ2n) is 2.39. The van der Waals surface area contributed by atoms with Crippen LogP contribution in [0.3, 0.4) is 0 Å². The van der Waals surface area contributed by atoms with Gasteiger partial charge in [-0.15, -0.1) is 0 Å². The lowest BCUT2D eigenvalue weighted by Crippen LogP contribution is -2.11. The van der Waals surface area contributed by atoms with E-state index < -0.39 is 29.5 Å². The molecule has 0 unspecified atom stereocenters. The van der Waals surface area contributed by atoms with Crippen LogP contribution in [0.25, 0.3) is 0 Å². The first-order valence-electron chi connectivity index (χ1n) is 3.32. The Hall–Kier alpha value is -1.27. The summed E-state index contributed by atoms with van der Waals surface area (Å²) in [5.74, 6) is -1.97. The molecule has 7 heteroatoms. The highest BCUT2D eigenvalue weighted by Gasteiger charge is 2.36. The molecule has 78 valence electrons. The molecule has 0 aliphatic rings. The topological polar surface area (TPSA) is 12.9 Å². The maximum absolute atomic E-state index is 12.8. The van der Waals surface area contributed by atoms with E-state index >= 15 is 0 Å². The average molecular weight is 215 g/mol. The highest BCUT2D eigenvalue weighted by Crippen LogP contribution is 2.33. The van der Waals surface area contributed by atoms with Gasteiger partial charge in [-0.1, -0.05) is 0 Å². The third kappa shape index (κ3) is 1.97. The van der Waals surface area contributed by atoms with Gasteiger partial charge in [0.2, 0.25) is 0 Å². The molecule has 0 N–H and O–H groups in total. The van der Waals surface area contributed by atoms with Gasteiger partial charge in [0.25, 0.3) is 6.43 Å². The van der Waals surface area contributed by atoms with Crippen molar-refractivity contribution >= 4 is 0 Å². The molecule has 0 aromatic carbocycles. The quantitative estimate of drug-likeness (QED) is 0.655. The minimum absolute atomic E-state index is 0.168. The van der Waals surface area contributed by atoms with E-state index in [1.54, 1.807) is 0 Å². The van der Waals surface area contributed by atoms with E-state index in [4.69, 9.17) is 0 Å². The molecule has 14 heavy (non-hydrogen) atoms. The third-order valence-electron chi connectivity index (χ3n) is 1.45. The lowest BCUT2D eigenvalue weighted by atomic mass is 10.2. The maximum atomic E-state index is 12.8. The Morgan fingerprint density at radius 3 is 2.14 bits per heavy atom. The lowest BCUT2D eigenvalue weighted by molar-refractivity contribution is -0.140. The van der Waals surface area contributed by atoms with E-state index in [9.17, 15) is 26.3 Å². The number of alkyl halides is 5. The average Bonchev–Trinajstić information content (AvgIpc) is 2.01. The Morgan fingerprint density at radius 2 is 1.71 bits per heavy atom. The largest absolute Gasteiger partial charge is 0.420 e. The molecule has 0 aliphatic carbocycles. The van der Waals surface area contributed by atoms with Crippen molar-refractivity contribution in [1.29, 1.82) is 0 Å². The van der Waals surface area contributed by atoms with Crippen LogP contribution in [0, 0.1) is 5.82 Å². The van der Waals surface area contributed by atoms with Crippen LogP contribution in [0.5, 0.6) is 0 Å². The van der Waals surface area contributed by atoms with Crippen molar-refractivity contribution in [1.82, 2.24) is 4.98 Å². The molecule has 1 rings (SSSR count). The summed E-state index contributed by atoms with van der Waals surface area (Å²) in [6.45, 7) is 0. The monoisotopic (exact) mass is 215 g/mol. The van der Waals surface area contributed by atoms with Crippen molar-refractivity contribution < 1.29 is 26.3 Å². The zero-order valence-electron chi connectivity index (χ0n) is 6.45. The smallest absolute Gasteiger partial charge is 0.263 e. The van der Waals surface area contributed by atoms with E-state index in [1.165, 1.54) is 0 Å². The molecule has 1 aromatic rings. The molecular formula is C7H3F6N. The standard InChI is InChI=1S/C7H3F6N/c8-5-3(6(9)10)1-14-2-4(5)7(11,12)13/h1-2,6H. The van der Waals surface area contributed by atoms with Crippen LogP contribution in [-0.4, -0.2) is 4.98 Å². The molecule has 1 heterocycles. The van der Waals surface area contributed by atoms with Gasteiger partial charge in [0.05, 0.1) is 5.56 Å². The van der Waals surface area contributed by atoms with E-state index in [1.807, 2.05) is 0 Å². The molecule has 1 nitrogen and oxygen atoms in total. The van der Waals surface area contributed by atoms with E-state index in [2.05, 4.69) is 4.98 Å². The Balaban J connectivity index is 3.28. The van der Waals surface area contributed by atoms with E-state index in [0.29, 0.717) is 6.20 Å². The van der Waals surface area contributed by atoms with Crippen molar-refractivity contribution in [2.75, 3.05) is 0 Å². The van der Waals surface area contributed by atoms with Gasteiger partial charge in [0.1, 0.15) is 11.4 Å².